The highest BCUT2D eigenvalue weighted by atomic mass is 35.5. The molecule has 234 valence electrons. The average molecular weight is 627 g/mol. The van der Waals surface area contributed by atoms with Crippen molar-refractivity contribution in [2.45, 2.75) is 103 Å². The number of ether oxygens (including phenoxy) is 2. The highest BCUT2D eigenvalue weighted by molar-refractivity contribution is 8.00. The van der Waals surface area contributed by atoms with Crippen molar-refractivity contribution in [1.82, 2.24) is 9.88 Å². The number of ketones is 1. The monoisotopic (exact) mass is 626 g/mol. The van der Waals surface area contributed by atoms with Gasteiger partial charge in [0.15, 0.2) is 11.9 Å². The predicted molar refractivity (Wildman–Crippen MR) is 178 cm³/mol. The summed E-state index contributed by atoms with van der Waals surface area (Å²) in [6.07, 6.45) is 1.91. The van der Waals surface area contributed by atoms with Crippen LogP contribution in [-0.2, 0) is 27.3 Å². The van der Waals surface area contributed by atoms with Gasteiger partial charge >= 0.3 is 5.97 Å². The van der Waals surface area contributed by atoms with Crippen LogP contribution >= 0.6 is 23.4 Å². The van der Waals surface area contributed by atoms with Crippen molar-refractivity contribution in [2.24, 2.45) is 11.3 Å². The molecule has 1 aromatic heterocycles. The summed E-state index contributed by atoms with van der Waals surface area (Å²) in [7, 11) is 0. The Balaban J connectivity index is 1.88. The molecule has 1 fully saturated rings. The number of thioether (sulfide) groups is 1. The molecule has 0 bridgehead atoms. The summed E-state index contributed by atoms with van der Waals surface area (Å²) >= 11 is 8.00. The third kappa shape index (κ3) is 8.17. The molecular weight excluding hydrogens is 580 g/mol. The molecule has 4 rings (SSSR count). The molecule has 3 aromatic rings. The maximum Gasteiger partial charge on any atom is 0.311 e. The van der Waals surface area contributed by atoms with Gasteiger partial charge in [0.1, 0.15) is 5.75 Å². The Bertz CT molecular complexity index is 1430. The van der Waals surface area contributed by atoms with E-state index in [9.17, 15) is 9.59 Å². The van der Waals surface area contributed by atoms with Crippen molar-refractivity contribution in [3.05, 3.63) is 58.7 Å². The minimum absolute atomic E-state index is 0.00413. The fraction of sp³-hybridized carbons (Fsp3) is 0.543. The first-order valence-electron chi connectivity index (χ1n) is 15.4. The Hall–Kier alpha value is -2.48. The van der Waals surface area contributed by atoms with Gasteiger partial charge in [-0.1, -0.05) is 58.4 Å². The molecule has 0 amide bonds. The minimum atomic E-state index is -0.739. The molecule has 43 heavy (non-hydrogen) atoms. The van der Waals surface area contributed by atoms with Gasteiger partial charge in [-0.05, 0) is 76.1 Å². The first-order chi connectivity index (χ1) is 20.2. The zero-order valence-electron chi connectivity index (χ0n) is 26.9. The number of esters is 1. The SMILES string of the molecule is CCOC(=O)C(C)(C)Cc1c(SC(C)(C)C)c2cc(O[C@H](C(=O)C(C)C)C3CCCN3)ccc2n1Cc1ccc(Cl)cc1. The molecule has 0 aliphatic carbocycles. The van der Waals surface area contributed by atoms with Crippen molar-refractivity contribution >= 4 is 46.0 Å². The number of halogens is 1. The van der Waals surface area contributed by atoms with Crippen LogP contribution in [0, 0.1) is 11.3 Å². The van der Waals surface area contributed by atoms with E-state index in [0.29, 0.717) is 30.3 Å². The van der Waals surface area contributed by atoms with Gasteiger partial charge in [-0.2, -0.15) is 0 Å². The molecule has 1 saturated heterocycles. The van der Waals surface area contributed by atoms with Gasteiger partial charge in [0, 0.05) is 50.1 Å². The van der Waals surface area contributed by atoms with Crippen LogP contribution in [0.5, 0.6) is 5.75 Å². The molecule has 6 nitrogen and oxygen atoms in total. The molecule has 2 aromatic carbocycles. The maximum atomic E-state index is 13.3. The van der Waals surface area contributed by atoms with Crippen LogP contribution in [0.2, 0.25) is 5.02 Å². The largest absolute Gasteiger partial charge is 0.481 e. The zero-order chi connectivity index (χ0) is 31.5. The molecule has 0 radical (unpaired) electrons. The smallest absolute Gasteiger partial charge is 0.311 e. The van der Waals surface area contributed by atoms with Gasteiger partial charge in [0.25, 0.3) is 0 Å². The molecule has 8 heteroatoms. The number of fused-ring (bicyclic) bond motifs is 1. The van der Waals surface area contributed by atoms with Gasteiger partial charge in [-0.15, -0.1) is 11.8 Å². The summed E-state index contributed by atoms with van der Waals surface area (Å²) in [5.74, 6) is 0.449. The second-order valence-electron chi connectivity index (χ2n) is 13.5. The van der Waals surface area contributed by atoms with E-state index in [2.05, 4.69) is 42.8 Å². The number of hydrogen-bond donors (Lipinski definition) is 1. The van der Waals surface area contributed by atoms with Crippen LogP contribution < -0.4 is 10.1 Å². The van der Waals surface area contributed by atoms with Gasteiger partial charge in [0.05, 0.1) is 18.1 Å². The fourth-order valence-electron chi connectivity index (χ4n) is 5.58. The van der Waals surface area contributed by atoms with E-state index < -0.39 is 11.5 Å². The number of Topliss-reactive ketones (excluding diaryl/α,β-unsaturated/α-hetero) is 1. The van der Waals surface area contributed by atoms with E-state index in [1.807, 2.05) is 65.0 Å². The molecule has 0 saturated carbocycles. The van der Waals surface area contributed by atoms with E-state index in [1.165, 1.54) is 0 Å². The summed E-state index contributed by atoms with van der Waals surface area (Å²) < 4.78 is 14.3. The summed E-state index contributed by atoms with van der Waals surface area (Å²) in [5, 5.41) is 5.22. The Morgan fingerprint density at radius 1 is 1.09 bits per heavy atom. The lowest BCUT2D eigenvalue weighted by molar-refractivity contribution is -0.153. The van der Waals surface area contributed by atoms with Gasteiger partial charge in [-0.3, -0.25) is 9.59 Å². The van der Waals surface area contributed by atoms with E-state index in [1.54, 1.807) is 11.8 Å². The van der Waals surface area contributed by atoms with Crippen LogP contribution in [0.25, 0.3) is 10.9 Å². The number of aromatic nitrogens is 1. The lowest BCUT2D eigenvalue weighted by Gasteiger charge is -2.26. The number of hydrogen-bond acceptors (Lipinski definition) is 6. The Labute approximate surface area is 266 Å². The van der Waals surface area contributed by atoms with Crippen molar-refractivity contribution in [2.75, 3.05) is 13.2 Å². The lowest BCUT2D eigenvalue weighted by atomic mass is 9.87. The van der Waals surface area contributed by atoms with Crippen LogP contribution in [-0.4, -0.2) is 46.4 Å². The van der Waals surface area contributed by atoms with Gasteiger partial charge < -0.3 is 19.4 Å². The molecule has 1 aliphatic rings. The molecule has 1 unspecified atom stereocenters. The van der Waals surface area contributed by atoms with Crippen LogP contribution in [0.4, 0.5) is 0 Å². The Morgan fingerprint density at radius 3 is 2.37 bits per heavy atom. The topological polar surface area (TPSA) is 69.6 Å². The molecule has 2 atom stereocenters. The number of carbonyl (C=O) groups is 2. The normalized spacial score (nSPS) is 16.6. The Kier molecular flexibility index (Phi) is 10.6. The number of benzene rings is 2. The number of nitrogens with zero attached hydrogens (tertiary/aromatic N) is 1. The predicted octanol–water partition coefficient (Wildman–Crippen LogP) is 8.09. The van der Waals surface area contributed by atoms with E-state index >= 15 is 0 Å². The summed E-state index contributed by atoms with van der Waals surface area (Å²) in [5.41, 5.74) is 2.50. The Morgan fingerprint density at radius 2 is 1.79 bits per heavy atom. The average Bonchev–Trinajstić information content (AvgIpc) is 3.55. The van der Waals surface area contributed by atoms with Crippen molar-refractivity contribution in [3.63, 3.8) is 0 Å². The van der Waals surface area contributed by atoms with Gasteiger partial charge in [-0.25, -0.2) is 0 Å². The van der Waals surface area contributed by atoms with Crippen LogP contribution in [0.3, 0.4) is 0 Å². The first kappa shape index (κ1) is 33.4. The molecular formula is C35H47ClN2O4S. The standard InChI is InChI=1S/C35H47ClN2O4S/c1-9-41-33(40)35(7,8)20-29-32(43-34(4,5)6)26-19-25(42-31(30(39)22(2)3)27-11-10-18-37-27)16-17-28(26)38(29)21-23-12-14-24(36)15-13-23/h12-17,19,22,27,31,37H,9-11,18,20-21H2,1-8H3/t27?,31-/m0/s1. The maximum absolute atomic E-state index is 13.3. The van der Waals surface area contributed by atoms with Crippen molar-refractivity contribution < 1.29 is 19.1 Å². The number of rotatable bonds is 12. The van der Waals surface area contributed by atoms with E-state index in [0.717, 1.165) is 46.4 Å². The summed E-state index contributed by atoms with van der Waals surface area (Å²) in [6.45, 7) is 18.1. The first-order valence-corrected chi connectivity index (χ1v) is 16.6. The highest BCUT2D eigenvalue weighted by Crippen LogP contribution is 2.44. The minimum Gasteiger partial charge on any atom is -0.481 e. The van der Waals surface area contributed by atoms with Crippen molar-refractivity contribution in [3.8, 4) is 5.75 Å². The molecule has 1 N–H and O–H groups in total. The van der Waals surface area contributed by atoms with Crippen molar-refractivity contribution in [1.29, 1.82) is 0 Å². The third-order valence-electron chi connectivity index (χ3n) is 7.77. The highest BCUT2D eigenvalue weighted by Gasteiger charge is 2.36. The number of carbonyl (C=O) groups excluding carboxylic acids is 2. The quantitative estimate of drug-likeness (QED) is 0.162. The zero-order valence-corrected chi connectivity index (χ0v) is 28.5. The second-order valence-corrected chi connectivity index (χ2v) is 15.7. The van der Waals surface area contributed by atoms with Gasteiger partial charge in [0.2, 0.25) is 0 Å². The van der Waals surface area contributed by atoms with E-state index in [-0.39, 0.29) is 28.5 Å². The lowest BCUT2D eigenvalue weighted by Crippen LogP contribution is -2.46. The summed E-state index contributed by atoms with van der Waals surface area (Å²) in [6, 6.07) is 14.0. The second kappa shape index (κ2) is 13.7. The van der Waals surface area contributed by atoms with E-state index in [4.69, 9.17) is 21.1 Å². The summed E-state index contributed by atoms with van der Waals surface area (Å²) in [4.78, 5) is 27.5. The molecule has 0 spiro atoms. The van der Waals surface area contributed by atoms with Crippen LogP contribution in [0.15, 0.2) is 47.4 Å². The third-order valence-corrected chi connectivity index (χ3v) is 9.29. The van der Waals surface area contributed by atoms with Crippen LogP contribution in [0.1, 0.15) is 79.5 Å². The molecule has 1 aliphatic heterocycles. The fourth-order valence-corrected chi connectivity index (χ4v) is 6.89. The molecule has 2 heterocycles. The number of nitrogens with one attached hydrogen (secondary N) is 1.